The second-order valence-electron chi connectivity index (χ2n) is 4.50. The van der Waals surface area contributed by atoms with Crippen LogP contribution in [-0.4, -0.2) is 17.7 Å². The predicted octanol–water partition coefficient (Wildman–Crippen LogP) is 1.96. The second kappa shape index (κ2) is 6.18. The molecule has 1 atom stereocenters. The van der Waals surface area contributed by atoms with Crippen molar-refractivity contribution in [3.05, 3.63) is 35.9 Å². The minimum absolute atomic E-state index is 0.0732. The molecule has 0 aromatic heterocycles. The molecule has 1 unspecified atom stereocenters. The third-order valence-corrected chi connectivity index (χ3v) is 2.57. The number of hydrogen-bond donors (Lipinski definition) is 1. The minimum atomic E-state index is -0.421. The van der Waals surface area contributed by atoms with Gasteiger partial charge in [-0.15, -0.1) is 0 Å². The van der Waals surface area contributed by atoms with Crippen LogP contribution in [0, 0.1) is 5.92 Å². The first-order valence-corrected chi connectivity index (χ1v) is 5.85. The van der Waals surface area contributed by atoms with E-state index in [9.17, 15) is 9.59 Å². The molecular weight excluding hydrogens is 214 g/mol. The van der Waals surface area contributed by atoms with E-state index in [0.717, 1.165) is 5.56 Å². The standard InChI is InChI=1S/C14H19NO2/c1-10(2)14(17)13(15-11(3)16)9-12-7-5-4-6-8-12/h4-8,10,13H,9H2,1-3H3,(H,15,16). The largest absolute Gasteiger partial charge is 0.346 e. The van der Waals surface area contributed by atoms with Gasteiger partial charge < -0.3 is 5.32 Å². The van der Waals surface area contributed by atoms with Crippen LogP contribution in [0.1, 0.15) is 26.3 Å². The maximum absolute atomic E-state index is 12.0. The van der Waals surface area contributed by atoms with E-state index in [4.69, 9.17) is 0 Å². The Labute approximate surface area is 102 Å². The van der Waals surface area contributed by atoms with E-state index in [-0.39, 0.29) is 17.6 Å². The molecule has 0 spiro atoms. The number of benzene rings is 1. The van der Waals surface area contributed by atoms with Crippen molar-refractivity contribution in [2.75, 3.05) is 0 Å². The summed E-state index contributed by atoms with van der Waals surface area (Å²) >= 11 is 0. The number of ketones is 1. The molecule has 1 amide bonds. The summed E-state index contributed by atoms with van der Waals surface area (Å²) in [6.07, 6.45) is 0.553. The lowest BCUT2D eigenvalue weighted by atomic mass is 9.96. The zero-order chi connectivity index (χ0) is 12.8. The highest BCUT2D eigenvalue weighted by atomic mass is 16.2. The molecule has 0 aliphatic rings. The highest BCUT2D eigenvalue weighted by molar-refractivity contribution is 5.89. The number of nitrogens with one attached hydrogen (secondary N) is 1. The smallest absolute Gasteiger partial charge is 0.217 e. The lowest BCUT2D eigenvalue weighted by Gasteiger charge is -2.18. The molecule has 3 heteroatoms. The van der Waals surface area contributed by atoms with Gasteiger partial charge in [0.2, 0.25) is 5.91 Å². The Balaban J connectivity index is 2.77. The highest BCUT2D eigenvalue weighted by Crippen LogP contribution is 2.08. The van der Waals surface area contributed by atoms with Crippen LogP contribution in [0.15, 0.2) is 30.3 Å². The van der Waals surface area contributed by atoms with Gasteiger partial charge in [-0.05, 0) is 12.0 Å². The fourth-order valence-corrected chi connectivity index (χ4v) is 1.72. The summed E-state index contributed by atoms with van der Waals surface area (Å²) in [7, 11) is 0. The third-order valence-electron chi connectivity index (χ3n) is 2.57. The van der Waals surface area contributed by atoms with E-state index in [1.165, 1.54) is 6.92 Å². The molecule has 17 heavy (non-hydrogen) atoms. The Hall–Kier alpha value is -1.64. The van der Waals surface area contributed by atoms with Crippen LogP contribution >= 0.6 is 0 Å². The van der Waals surface area contributed by atoms with Crippen LogP contribution in [0.2, 0.25) is 0 Å². The molecule has 1 aromatic carbocycles. The monoisotopic (exact) mass is 233 g/mol. The second-order valence-corrected chi connectivity index (χ2v) is 4.50. The minimum Gasteiger partial charge on any atom is -0.346 e. The summed E-state index contributed by atoms with van der Waals surface area (Å²) in [5.74, 6) is -0.167. The van der Waals surface area contributed by atoms with E-state index in [0.29, 0.717) is 6.42 Å². The van der Waals surface area contributed by atoms with Gasteiger partial charge in [0.05, 0.1) is 6.04 Å². The van der Waals surface area contributed by atoms with Crippen molar-refractivity contribution >= 4 is 11.7 Å². The van der Waals surface area contributed by atoms with Crippen LogP contribution in [0.3, 0.4) is 0 Å². The molecule has 0 saturated carbocycles. The number of rotatable bonds is 5. The first-order chi connectivity index (χ1) is 8.00. The molecule has 0 heterocycles. The topological polar surface area (TPSA) is 46.2 Å². The quantitative estimate of drug-likeness (QED) is 0.845. The molecule has 0 aliphatic carbocycles. The molecule has 0 bridgehead atoms. The normalized spacial score (nSPS) is 12.2. The summed E-state index contributed by atoms with van der Waals surface area (Å²) in [5.41, 5.74) is 1.06. The van der Waals surface area contributed by atoms with Gasteiger partial charge in [0.1, 0.15) is 0 Å². The molecule has 3 nitrogen and oxygen atoms in total. The Kier molecular flexibility index (Phi) is 4.88. The fourth-order valence-electron chi connectivity index (χ4n) is 1.72. The Bertz CT molecular complexity index is 384. The lowest BCUT2D eigenvalue weighted by molar-refractivity contribution is -0.128. The van der Waals surface area contributed by atoms with Crippen LogP contribution in [0.5, 0.6) is 0 Å². The Morgan fingerprint density at radius 2 is 1.76 bits per heavy atom. The highest BCUT2D eigenvalue weighted by Gasteiger charge is 2.22. The molecule has 1 aromatic rings. The molecule has 0 fully saturated rings. The van der Waals surface area contributed by atoms with Gasteiger partial charge in [-0.25, -0.2) is 0 Å². The Morgan fingerprint density at radius 3 is 2.24 bits per heavy atom. The van der Waals surface area contributed by atoms with Crippen LogP contribution in [0.25, 0.3) is 0 Å². The predicted molar refractivity (Wildman–Crippen MR) is 67.6 cm³/mol. The number of carbonyl (C=O) groups is 2. The van der Waals surface area contributed by atoms with Gasteiger partial charge in [-0.1, -0.05) is 44.2 Å². The molecule has 0 saturated heterocycles. The van der Waals surface area contributed by atoms with Crippen molar-refractivity contribution in [3.8, 4) is 0 Å². The van der Waals surface area contributed by atoms with E-state index in [1.807, 2.05) is 44.2 Å². The molecule has 1 N–H and O–H groups in total. The first kappa shape index (κ1) is 13.4. The third kappa shape index (κ3) is 4.39. The fraction of sp³-hybridized carbons (Fsp3) is 0.429. The summed E-state index contributed by atoms with van der Waals surface area (Å²) < 4.78 is 0. The summed E-state index contributed by atoms with van der Waals surface area (Å²) in [5, 5.41) is 2.72. The van der Waals surface area contributed by atoms with Gasteiger partial charge in [0.15, 0.2) is 5.78 Å². The first-order valence-electron chi connectivity index (χ1n) is 5.85. The van der Waals surface area contributed by atoms with Crippen molar-refractivity contribution in [3.63, 3.8) is 0 Å². The SMILES string of the molecule is CC(=O)NC(Cc1ccccc1)C(=O)C(C)C. The maximum Gasteiger partial charge on any atom is 0.217 e. The van der Waals surface area contributed by atoms with E-state index in [1.54, 1.807) is 0 Å². The van der Waals surface area contributed by atoms with Crippen molar-refractivity contribution in [2.45, 2.75) is 33.2 Å². The molecule has 0 radical (unpaired) electrons. The van der Waals surface area contributed by atoms with Gasteiger partial charge in [0, 0.05) is 12.8 Å². The van der Waals surface area contributed by atoms with Gasteiger partial charge >= 0.3 is 0 Å². The van der Waals surface area contributed by atoms with E-state index >= 15 is 0 Å². The van der Waals surface area contributed by atoms with Crippen LogP contribution in [-0.2, 0) is 16.0 Å². The van der Waals surface area contributed by atoms with Crippen molar-refractivity contribution < 1.29 is 9.59 Å². The number of hydrogen-bond acceptors (Lipinski definition) is 2. The molecule has 1 rings (SSSR count). The van der Waals surface area contributed by atoms with Crippen molar-refractivity contribution in [1.82, 2.24) is 5.32 Å². The lowest BCUT2D eigenvalue weighted by Crippen LogP contribution is -2.43. The van der Waals surface area contributed by atoms with Gasteiger partial charge in [-0.3, -0.25) is 9.59 Å². The van der Waals surface area contributed by atoms with Crippen molar-refractivity contribution in [1.29, 1.82) is 0 Å². The summed E-state index contributed by atoms with van der Waals surface area (Å²) in [6, 6.07) is 9.29. The average Bonchev–Trinajstić information content (AvgIpc) is 2.28. The zero-order valence-corrected chi connectivity index (χ0v) is 10.6. The molecule has 0 aliphatic heterocycles. The van der Waals surface area contributed by atoms with Crippen LogP contribution in [0.4, 0.5) is 0 Å². The maximum atomic E-state index is 12.0. The summed E-state index contributed by atoms with van der Waals surface area (Å²) in [6.45, 7) is 5.13. The Morgan fingerprint density at radius 1 is 1.18 bits per heavy atom. The number of carbonyl (C=O) groups excluding carboxylic acids is 2. The summed E-state index contributed by atoms with van der Waals surface area (Å²) in [4.78, 5) is 23.1. The van der Waals surface area contributed by atoms with Gasteiger partial charge in [0.25, 0.3) is 0 Å². The average molecular weight is 233 g/mol. The van der Waals surface area contributed by atoms with E-state index < -0.39 is 6.04 Å². The number of Topliss-reactive ketones (excluding diaryl/α,β-unsaturated/α-hetero) is 1. The zero-order valence-electron chi connectivity index (χ0n) is 10.6. The molecular formula is C14H19NO2. The van der Waals surface area contributed by atoms with Gasteiger partial charge in [-0.2, -0.15) is 0 Å². The number of amides is 1. The van der Waals surface area contributed by atoms with Crippen LogP contribution < -0.4 is 5.32 Å². The van der Waals surface area contributed by atoms with E-state index in [2.05, 4.69) is 5.32 Å². The molecule has 92 valence electrons. The van der Waals surface area contributed by atoms with Crippen molar-refractivity contribution in [2.24, 2.45) is 5.92 Å².